The SMILES string of the molecule is Cn1nc(C2CCC(=O)NC2=O)c2ccc(N3CCC(CC(=O)Nc4ccc5c(F)c(N6CC(=O)NS6=O)c(O)cc5c4)CC3)cc21. The number of rotatable bonds is 6. The van der Waals surface area contributed by atoms with Crippen molar-refractivity contribution < 1.29 is 32.9 Å². The van der Waals surface area contributed by atoms with E-state index in [1.54, 1.807) is 16.8 Å². The number of aromatic nitrogens is 2. The first-order chi connectivity index (χ1) is 22.5. The third-order valence-corrected chi connectivity index (χ3v) is 10.3. The highest BCUT2D eigenvalue weighted by molar-refractivity contribution is 7.85. The molecular formula is C32H32FN7O6S. The Morgan fingerprint density at radius 3 is 2.55 bits per heavy atom. The maximum atomic E-state index is 15.3. The summed E-state index contributed by atoms with van der Waals surface area (Å²) in [5.74, 6) is -2.84. The number of fused-ring (bicyclic) bond motifs is 2. The first kappa shape index (κ1) is 30.6. The van der Waals surface area contributed by atoms with Gasteiger partial charge in [0.25, 0.3) is 5.91 Å². The van der Waals surface area contributed by atoms with E-state index < -0.39 is 34.6 Å². The summed E-state index contributed by atoms with van der Waals surface area (Å²) in [6, 6.07) is 12.0. The number of aryl methyl sites for hydroxylation is 1. The molecule has 4 N–H and O–H groups in total. The Kier molecular flexibility index (Phi) is 7.78. The number of carbonyl (C=O) groups excluding carboxylic acids is 4. The van der Waals surface area contributed by atoms with Crippen LogP contribution in [0.1, 0.15) is 43.7 Å². The first-order valence-electron chi connectivity index (χ1n) is 15.3. The third-order valence-electron chi connectivity index (χ3n) is 9.14. The van der Waals surface area contributed by atoms with E-state index in [-0.39, 0.29) is 41.3 Å². The van der Waals surface area contributed by atoms with Crippen LogP contribution in [0.2, 0.25) is 0 Å². The van der Waals surface area contributed by atoms with Crippen LogP contribution >= 0.6 is 0 Å². The van der Waals surface area contributed by atoms with Gasteiger partial charge in [0, 0.05) is 55.1 Å². The van der Waals surface area contributed by atoms with E-state index in [0.717, 1.165) is 46.8 Å². The number of anilines is 3. The first-order valence-corrected chi connectivity index (χ1v) is 16.5. The molecule has 3 aliphatic heterocycles. The monoisotopic (exact) mass is 661 g/mol. The van der Waals surface area contributed by atoms with Gasteiger partial charge in [-0.3, -0.25) is 38.2 Å². The van der Waals surface area contributed by atoms with E-state index in [0.29, 0.717) is 36.0 Å². The van der Waals surface area contributed by atoms with Crippen molar-refractivity contribution in [3.05, 3.63) is 54.0 Å². The zero-order valence-electron chi connectivity index (χ0n) is 25.4. The average Bonchev–Trinajstić information content (AvgIpc) is 3.54. The van der Waals surface area contributed by atoms with Crippen molar-refractivity contribution in [2.24, 2.45) is 13.0 Å². The van der Waals surface area contributed by atoms with Crippen LogP contribution in [-0.4, -0.2) is 62.4 Å². The van der Waals surface area contributed by atoms with E-state index in [1.165, 1.54) is 12.1 Å². The Bertz CT molecular complexity index is 2010. The normalized spacial score (nSPS) is 20.6. The molecule has 0 radical (unpaired) electrons. The maximum Gasteiger partial charge on any atom is 0.253 e. The number of halogens is 1. The molecule has 0 spiro atoms. The lowest BCUT2D eigenvalue weighted by Gasteiger charge is -2.33. The fourth-order valence-electron chi connectivity index (χ4n) is 6.74. The summed E-state index contributed by atoms with van der Waals surface area (Å²) in [6.45, 7) is 1.19. The number of phenols is 1. The zero-order valence-corrected chi connectivity index (χ0v) is 26.2. The van der Waals surface area contributed by atoms with Gasteiger partial charge in [0.2, 0.25) is 28.9 Å². The molecule has 4 aromatic rings. The minimum atomic E-state index is -1.99. The molecule has 0 saturated carbocycles. The van der Waals surface area contributed by atoms with E-state index in [4.69, 9.17) is 0 Å². The predicted octanol–water partition coefficient (Wildman–Crippen LogP) is 2.85. The fourth-order valence-corrected chi connectivity index (χ4v) is 7.68. The van der Waals surface area contributed by atoms with E-state index in [2.05, 4.69) is 31.4 Å². The second-order valence-corrected chi connectivity index (χ2v) is 13.3. The molecule has 244 valence electrons. The lowest BCUT2D eigenvalue weighted by molar-refractivity contribution is -0.134. The lowest BCUT2D eigenvalue weighted by Crippen LogP contribution is -2.39. The molecule has 15 heteroatoms. The van der Waals surface area contributed by atoms with Crippen LogP contribution in [0.4, 0.5) is 21.5 Å². The van der Waals surface area contributed by atoms with Crippen LogP contribution in [0, 0.1) is 11.7 Å². The van der Waals surface area contributed by atoms with Crippen LogP contribution in [0.15, 0.2) is 42.5 Å². The Labute approximate surface area is 270 Å². The van der Waals surface area contributed by atoms with Gasteiger partial charge < -0.3 is 15.3 Å². The molecule has 13 nitrogen and oxygen atoms in total. The number of nitrogens with one attached hydrogen (secondary N) is 3. The molecule has 7 rings (SSSR count). The number of hydrogen-bond donors (Lipinski definition) is 4. The number of carbonyl (C=O) groups is 4. The van der Waals surface area contributed by atoms with Crippen molar-refractivity contribution in [1.82, 2.24) is 19.8 Å². The van der Waals surface area contributed by atoms with Crippen LogP contribution in [0.25, 0.3) is 21.7 Å². The molecule has 3 aliphatic rings. The Hall–Kier alpha value is -5.05. The highest BCUT2D eigenvalue weighted by Gasteiger charge is 2.33. The van der Waals surface area contributed by atoms with Gasteiger partial charge in [0.15, 0.2) is 5.82 Å². The van der Waals surface area contributed by atoms with Crippen molar-refractivity contribution >= 4 is 73.5 Å². The van der Waals surface area contributed by atoms with E-state index >= 15 is 4.39 Å². The molecule has 4 amide bonds. The molecule has 2 unspecified atom stereocenters. The molecule has 47 heavy (non-hydrogen) atoms. The molecule has 0 bridgehead atoms. The summed E-state index contributed by atoms with van der Waals surface area (Å²) in [6.07, 6.45) is 2.68. The highest BCUT2D eigenvalue weighted by atomic mass is 32.2. The van der Waals surface area contributed by atoms with Gasteiger partial charge in [0.1, 0.15) is 18.0 Å². The number of imide groups is 1. The standard InChI is InChI=1S/C32H32FN7O6S/c1-38-24-15-20(3-5-22(24)30(36-38)23-6-7-26(42)35-32(23)45)39-10-8-17(9-11-39)12-27(43)34-19-2-4-21-18(13-19)14-25(41)31(29(21)33)40-16-28(44)37-47(40)46/h2-5,13-15,17,23,41H,6-12,16H2,1H3,(H,34,43)(H,37,44)(H,35,42,45). The number of amides is 4. The Morgan fingerprint density at radius 1 is 1.06 bits per heavy atom. The van der Waals surface area contributed by atoms with Gasteiger partial charge in [-0.25, -0.2) is 8.60 Å². The summed E-state index contributed by atoms with van der Waals surface area (Å²) >= 11 is -1.99. The van der Waals surface area contributed by atoms with Gasteiger partial charge in [-0.15, -0.1) is 0 Å². The number of benzene rings is 3. The van der Waals surface area contributed by atoms with Crippen LogP contribution in [0.5, 0.6) is 5.75 Å². The summed E-state index contributed by atoms with van der Waals surface area (Å²) in [4.78, 5) is 50.9. The van der Waals surface area contributed by atoms with Crippen molar-refractivity contribution in [1.29, 1.82) is 0 Å². The number of nitrogens with zero attached hydrogens (tertiary/aromatic N) is 4. The van der Waals surface area contributed by atoms with Crippen LogP contribution < -0.4 is 24.6 Å². The van der Waals surface area contributed by atoms with Crippen molar-refractivity contribution in [2.75, 3.05) is 34.2 Å². The second kappa shape index (κ2) is 12.0. The van der Waals surface area contributed by atoms with Crippen LogP contribution in [0.3, 0.4) is 0 Å². The summed E-state index contributed by atoms with van der Waals surface area (Å²) in [5.41, 5.74) is 2.74. The zero-order chi connectivity index (χ0) is 33.0. The minimum Gasteiger partial charge on any atom is -0.506 e. The van der Waals surface area contributed by atoms with Gasteiger partial charge >= 0.3 is 0 Å². The van der Waals surface area contributed by atoms with Gasteiger partial charge in [-0.2, -0.15) is 5.10 Å². The third kappa shape index (κ3) is 5.75. The molecule has 1 aromatic heterocycles. The molecule has 3 fully saturated rings. The van der Waals surface area contributed by atoms with Crippen molar-refractivity contribution in [3.63, 3.8) is 0 Å². The number of piperidine rings is 2. The molecule has 3 saturated heterocycles. The van der Waals surface area contributed by atoms with Crippen molar-refractivity contribution in [3.8, 4) is 5.75 Å². The molecule has 0 aliphatic carbocycles. The largest absolute Gasteiger partial charge is 0.506 e. The maximum absolute atomic E-state index is 15.3. The number of aromatic hydroxyl groups is 1. The topological polar surface area (TPSA) is 166 Å². The quantitative estimate of drug-likeness (QED) is 0.229. The van der Waals surface area contributed by atoms with E-state index in [9.17, 15) is 28.5 Å². The predicted molar refractivity (Wildman–Crippen MR) is 173 cm³/mol. The molecule has 2 atom stereocenters. The Balaban J connectivity index is 0.975. The van der Waals surface area contributed by atoms with Crippen LogP contribution in [-0.2, 0) is 37.4 Å². The summed E-state index contributed by atoms with van der Waals surface area (Å²) in [5, 5.41) is 21.8. The summed E-state index contributed by atoms with van der Waals surface area (Å²) in [7, 11) is 1.84. The summed E-state index contributed by atoms with van der Waals surface area (Å²) < 4.78 is 32.4. The smallest absolute Gasteiger partial charge is 0.253 e. The second-order valence-electron chi connectivity index (χ2n) is 12.2. The van der Waals surface area contributed by atoms with Gasteiger partial charge in [-0.1, -0.05) is 0 Å². The van der Waals surface area contributed by atoms with Gasteiger partial charge in [-0.05, 0) is 73.0 Å². The number of phenolic OH excluding ortho intramolecular Hbond substituents is 1. The fraction of sp³-hybridized carbons (Fsp3) is 0.344. The molecule has 3 aromatic carbocycles. The lowest BCUT2D eigenvalue weighted by atomic mass is 9.92. The Morgan fingerprint density at radius 2 is 1.83 bits per heavy atom. The van der Waals surface area contributed by atoms with E-state index in [1.807, 2.05) is 19.2 Å². The molecule has 4 heterocycles. The number of hydrogen-bond acceptors (Lipinski definition) is 8. The molecular weight excluding hydrogens is 629 g/mol. The van der Waals surface area contributed by atoms with Gasteiger partial charge in [0.05, 0.1) is 17.1 Å². The van der Waals surface area contributed by atoms with Crippen molar-refractivity contribution in [2.45, 2.75) is 38.0 Å². The average molecular weight is 662 g/mol. The minimum absolute atomic E-state index is 0.149. The highest BCUT2D eigenvalue weighted by Crippen LogP contribution is 2.39.